The van der Waals surface area contributed by atoms with Crippen LogP contribution in [0.5, 0.6) is 0 Å². The zero-order valence-electron chi connectivity index (χ0n) is 9.74. The number of amides is 2. The first kappa shape index (κ1) is 12.3. The molecule has 5 nitrogen and oxygen atoms in total. The Bertz CT molecular complexity index is 457. The van der Waals surface area contributed by atoms with Crippen LogP contribution in [0.1, 0.15) is 18.4 Å². The van der Waals surface area contributed by atoms with Crippen molar-refractivity contribution in [1.29, 1.82) is 0 Å². The van der Waals surface area contributed by atoms with E-state index in [9.17, 15) is 14.4 Å². The highest BCUT2D eigenvalue weighted by Crippen LogP contribution is 2.18. The monoisotopic (exact) mass is 247 g/mol. The first-order valence-electron chi connectivity index (χ1n) is 5.70. The topological polar surface area (TPSA) is 63.7 Å². The van der Waals surface area contributed by atoms with E-state index in [1.165, 1.54) is 0 Å². The lowest BCUT2D eigenvalue weighted by atomic mass is 10.2. The first-order valence-corrected chi connectivity index (χ1v) is 5.70. The van der Waals surface area contributed by atoms with Crippen molar-refractivity contribution in [3.8, 4) is 0 Å². The molecule has 2 rings (SSSR count). The predicted octanol–water partition coefficient (Wildman–Crippen LogP) is 1.51. The Kier molecular flexibility index (Phi) is 3.72. The molecule has 0 aliphatic carbocycles. The molecule has 1 aliphatic heterocycles. The quantitative estimate of drug-likeness (QED) is 0.759. The van der Waals surface area contributed by atoms with E-state index in [4.69, 9.17) is 4.74 Å². The molecule has 1 atom stereocenters. The molecule has 1 fully saturated rings. The van der Waals surface area contributed by atoms with Crippen molar-refractivity contribution >= 4 is 18.3 Å². The molecule has 94 valence electrons. The van der Waals surface area contributed by atoms with Gasteiger partial charge in [-0.1, -0.05) is 30.3 Å². The van der Waals surface area contributed by atoms with Crippen molar-refractivity contribution in [2.45, 2.75) is 25.5 Å². The predicted molar refractivity (Wildman–Crippen MR) is 62.6 cm³/mol. The standard InChI is InChI=1S/C13H13NO4/c15-8-11-6-7-12(16)14(11)13(17)18-9-10-4-2-1-3-5-10/h1-5,8,11H,6-7,9H2. The van der Waals surface area contributed by atoms with Crippen LogP contribution >= 0.6 is 0 Å². The van der Waals surface area contributed by atoms with Crippen molar-refractivity contribution in [1.82, 2.24) is 4.90 Å². The Morgan fingerprint density at radius 2 is 2.11 bits per heavy atom. The summed E-state index contributed by atoms with van der Waals surface area (Å²) in [6.45, 7) is 0.0923. The van der Waals surface area contributed by atoms with Crippen molar-refractivity contribution < 1.29 is 19.1 Å². The van der Waals surface area contributed by atoms with Crippen LogP contribution in [0, 0.1) is 0 Å². The molecule has 0 spiro atoms. The van der Waals surface area contributed by atoms with Gasteiger partial charge in [0.1, 0.15) is 12.9 Å². The summed E-state index contributed by atoms with van der Waals surface area (Å²) in [6.07, 6.45) is 0.444. The largest absolute Gasteiger partial charge is 0.444 e. The summed E-state index contributed by atoms with van der Waals surface area (Å²) in [5.41, 5.74) is 0.833. The van der Waals surface area contributed by atoms with E-state index in [1.807, 2.05) is 30.3 Å². The highest BCUT2D eigenvalue weighted by atomic mass is 16.6. The maximum Gasteiger partial charge on any atom is 0.417 e. The number of rotatable bonds is 3. The van der Waals surface area contributed by atoms with E-state index < -0.39 is 12.1 Å². The summed E-state index contributed by atoms with van der Waals surface area (Å²) >= 11 is 0. The lowest BCUT2D eigenvalue weighted by Crippen LogP contribution is -2.39. The zero-order chi connectivity index (χ0) is 13.0. The average Bonchev–Trinajstić information content (AvgIpc) is 2.78. The number of hydrogen-bond donors (Lipinski definition) is 0. The van der Waals surface area contributed by atoms with Crippen LogP contribution in [0.15, 0.2) is 30.3 Å². The van der Waals surface area contributed by atoms with Gasteiger partial charge in [-0.2, -0.15) is 0 Å². The van der Waals surface area contributed by atoms with Gasteiger partial charge in [-0.25, -0.2) is 9.69 Å². The van der Waals surface area contributed by atoms with Crippen LogP contribution in [0.3, 0.4) is 0 Å². The second kappa shape index (κ2) is 5.44. The lowest BCUT2D eigenvalue weighted by molar-refractivity contribution is -0.129. The van der Waals surface area contributed by atoms with Crippen molar-refractivity contribution in [2.24, 2.45) is 0 Å². The Balaban J connectivity index is 1.95. The summed E-state index contributed by atoms with van der Waals surface area (Å²) < 4.78 is 5.02. The van der Waals surface area contributed by atoms with E-state index in [0.717, 1.165) is 10.5 Å². The smallest absolute Gasteiger partial charge is 0.417 e. The molecule has 2 amide bonds. The van der Waals surface area contributed by atoms with Gasteiger partial charge in [0, 0.05) is 6.42 Å². The van der Waals surface area contributed by atoms with Crippen LogP contribution in [-0.2, 0) is 20.9 Å². The van der Waals surface area contributed by atoms with Gasteiger partial charge in [-0.05, 0) is 12.0 Å². The summed E-state index contributed by atoms with van der Waals surface area (Å²) in [5.74, 6) is -0.356. The van der Waals surface area contributed by atoms with Crippen LogP contribution in [-0.4, -0.2) is 29.2 Å². The SMILES string of the molecule is O=CC1CCC(=O)N1C(=O)OCc1ccccc1. The van der Waals surface area contributed by atoms with Crippen molar-refractivity contribution in [3.05, 3.63) is 35.9 Å². The fourth-order valence-electron chi connectivity index (χ4n) is 1.86. The third-order valence-electron chi connectivity index (χ3n) is 2.81. The lowest BCUT2D eigenvalue weighted by Gasteiger charge is -2.17. The van der Waals surface area contributed by atoms with E-state index in [0.29, 0.717) is 12.7 Å². The molecule has 0 radical (unpaired) electrons. The molecule has 5 heteroatoms. The van der Waals surface area contributed by atoms with Crippen molar-refractivity contribution in [3.63, 3.8) is 0 Å². The third kappa shape index (κ3) is 2.56. The summed E-state index contributed by atoms with van der Waals surface area (Å²) in [7, 11) is 0. The van der Waals surface area contributed by atoms with Gasteiger partial charge in [0.2, 0.25) is 5.91 Å². The molecule has 1 aromatic carbocycles. The highest BCUT2D eigenvalue weighted by Gasteiger charge is 2.36. The fourth-order valence-corrected chi connectivity index (χ4v) is 1.86. The molecule has 1 saturated heterocycles. The molecule has 0 N–H and O–H groups in total. The minimum atomic E-state index is -0.751. The number of aldehydes is 1. The number of likely N-dealkylation sites (tertiary alicyclic amines) is 1. The van der Waals surface area contributed by atoms with Crippen LogP contribution in [0.2, 0.25) is 0 Å². The molecule has 0 aromatic heterocycles. The summed E-state index contributed by atoms with van der Waals surface area (Å²) in [5, 5.41) is 0. The first-order chi connectivity index (χ1) is 8.72. The number of carbonyl (C=O) groups is 3. The molecule has 18 heavy (non-hydrogen) atoms. The average molecular weight is 247 g/mol. The van der Waals surface area contributed by atoms with Gasteiger partial charge in [0.15, 0.2) is 0 Å². The highest BCUT2D eigenvalue weighted by molar-refractivity contribution is 5.97. The number of benzene rings is 1. The van der Waals surface area contributed by atoms with E-state index in [2.05, 4.69) is 0 Å². The van der Waals surface area contributed by atoms with Gasteiger partial charge in [-0.3, -0.25) is 4.79 Å². The fraction of sp³-hybridized carbons (Fsp3) is 0.308. The molecule has 0 bridgehead atoms. The van der Waals surface area contributed by atoms with Crippen LogP contribution in [0.4, 0.5) is 4.79 Å². The number of imide groups is 1. The molecule has 1 heterocycles. The van der Waals surface area contributed by atoms with E-state index in [-0.39, 0.29) is 18.9 Å². The Morgan fingerprint density at radius 1 is 1.39 bits per heavy atom. The minimum absolute atomic E-state index is 0.0923. The molecule has 1 aromatic rings. The minimum Gasteiger partial charge on any atom is -0.444 e. The normalized spacial score (nSPS) is 18.8. The summed E-state index contributed by atoms with van der Waals surface area (Å²) in [6, 6.07) is 8.47. The molecule has 0 saturated carbocycles. The Labute approximate surface area is 104 Å². The molecular weight excluding hydrogens is 234 g/mol. The van der Waals surface area contributed by atoms with Gasteiger partial charge >= 0.3 is 6.09 Å². The third-order valence-corrected chi connectivity index (χ3v) is 2.81. The zero-order valence-corrected chi connectivity index (χ0v) is 9.74. The van der Waals surface area contributed by atoms with Gasteiger partial charge < -0.3 is 9.53 Å². The second-order valence-electron chi connectivity index (χ2n) is 4.05. The van der Waals surface area contributed by atoms with Gasteiger partial charge in [0.25, 0.3) is 0 Å². The molecule has 1 unspecified atom stereocenters. The van der Waals surface area contributed by atoms with E-state index in [1.54, 1.807) is 0 Å². The Hall–Kier alpha value is -2.17. The number of nitrogens with zero attached hydrogens (tertiary/aromatic N) is 1. The Morgan fingerprint density at radius 3 is 2.78 bits per heavy atom. The van der Waals surface area contributed by atoms with E-state index >= 15 is 0 Å². The van der Waals surface area contributed by atoms with Gasteiger partial charge in [0.05, 0.1) is 6.04 Å². The van der Waals surface area contributed by atoms with Crippen LogP contribution < -0.4 is 0 Å². The van der Waals surface area contributed by atoms with Crippen molar-refractivity contribution in [2.75, 3.05) is 0 Å². The number of carbonyl (C=O) groups excluding carboxylic acids is 3. The molecule has 1 aliphatic rings. The second-order valence-corrected chi connectivity index (χ2v) is 4.05. The maximum absolute atomic E-state index is 11.7. The maximum atomic E-state index is 11.7. The number of ether oxygens (including phenoxy) is 1. The summed E-state index contributed by atoms with van der Waals surface area (Å²) in [4.78, 5) is 34.8. The van der Waals surface area contributed by atoms with Gasteiger partial charge in [-0.15, -0.1) is 0 Å². The van der Waals surface area contributed by atoms with Crippen LogP contribution in [0.25, 0.3) is 0 Å². The molecular formula is C13H13NO4. The number of hydrogen-bond acceptors (Lipinski definition) is 4.